The molecule has 0 spiro atoms. The molecule has 152 valence electrons. The zero-order valence-electron chi connectivity index (χ0n) is 17.2. The highest BCUT2D eigenvalue weighted by atomic mass is 16.7. The molecule has 1 N–H and O–H groups in total. The number of hydrogen-bond acceptors (Lipinski definition) is 5. The molecule has 0 bridgehead atoms. The number of aromatic nitrogens is 3. The summed E-state index contributed by atoms with van der Waals surface area (Å²) in [5.41, 5.74) is 1.15. The third kappa shape index (κ3) is 4.94. The Morgan fingerprint density at radius 2 is 2.14 bits per heavy atom. The van der Waals surface area contributed by atoms with Gasteiger partial charge in [-0.05, 0) is 31.0 Å². The van der Waals surface area contributed by atoms with Crippen LogP contribution in [0.3, 0.4) is 0 Å². The number of rotatable bonds is 8. The molecule has 1 atom stereocenters. The minimum atomic E-state index is 0.291. The fourth-order valence-electron chi connectivity index (χ4n) is 2.99. The second-order valence-electron chi connectivity index (χ2n) is 7.00. The number of aryl methyl sites for hydroxylation is 1. The van der Waals surface area contributed by atoms with Crippen molar-refractivity contribution in [2.24, 2.45) is 4.99 Å². The van der Waals surface area contributed by atoms with Crippen LogP contribution in [0, 0.1) is 0 Å². The topological polar surface area (TPSA) is 76.8 Å². The first-order valence-electron chi connectivity index (χ1n) is 9.88. The number of guanidine groups is 1. The molecule has 0 radical (unpaired) electrons. The average molecular weight is 387 g/mol. The lowest BCUT2D eigenvalue weighted by Crippen LogP contribution is -2.43. The van der Waals surface area contributed by atoms with Gasteiger partial charge in [-0.2, -0.15) is 0 Å². The van der Waals surface area contributed by atoms with E-state index in [-0.39, 0.29) is 0 Å². The maximum absolute atomic E-state index is 5.49. The summed E-state index contributed by atoms with van der Waals surface area (Å²) in [5, 5.41) is 11.6. The fraction of sp³-hybridized carbons (Fsp3) is 0.550. The van der Waals surface area contributed by atoms with Crippen LogP contribution >= 0.6 is 0 Å². The molecule has 1 unspecified atom stereocenters. The van der Waals surface area contributed by atoms with Gasteiger partial charge in [-0.15, -0.1) is 10.2 Å². The van der Waals surface area contributed by atoms with Gasteiger partial charge in [0.05, 0.1) is 6.54 Å². The van der Waals surface area contributed by atoms with Crippen LogP contribution in [0.2, 0.25) is 0 Å². The van der Waals surface area contributed by atoms with Crippen molar-refractivity contribution in [1.82, 2.24) is 25.0 Å². The van der Waals surface area contributed by atoms with Crippen molar-refractivity contribution in [2.45, 2.75) is 52.7 Å². The van der Waals surface area contributed by atoms with Gasteiger partial charge in [0.15, 0.2) is 17.5 Å². The minimum Gasteiger partial charge on any atom is -0.454 e. The molecule has 2 heterocycles. The molecular formula is C20H30N6O2. The average Bonchev–Trinajstić information content (AvgIpc) is 3.35. The van der Waals surface area contributed by atoms with E-state index in [1.54, 1.807) is 6.33 Å². The first-order chi connectivity index (χ1) is 13.6. The highest BCUT2D eigenvalue weighted by Crippen LogP contribution is 2.32. The first-order valence-corrected chi connectivity index (χ1v) is 9.88. The summed E-state index contributed by atoms with van der Waals surface area (Å²) in [5.74, 6) is 3.48. The number of aliphatic imine (C=N–C) groups is 1. The van der Waals surface area contributed by atoms with E-state index in [0.717, 1.165) is 54.8 Å². The van der Waals surface area contributed by atoms with Gasteiger partial charge in [-0.1, -0.05) is 19.9 Å². The van der Waals surface area contributed by atoms with E-state index in [1.165, 1.54) is 0 Å². The Labute approximate surface area is 166 Å². The number of hydrogen-bond donors (Lipinski definition) is 1. The van der Waals surface area contributed by atoms with Crippen LogP contribution in [0.15, 0.2) is 29.5 Å². The molecule has 0 fully saturated rings. The molecule has 28 heavy (non-hydrogen) atoms. The lowest BCUT2D eigenvalue weighted by Gasteiger charge is -2.25. The second-order valence-corrected chi connectivity index (χ2v) is 7.00. The van der Waals surface area contributed by atoms with Crippen molar-refractivity contribution >= 4 is 5.96 Å². The molecular weight excluding hydrogens is 356 g/mol. The van der Waals surface area contributed by atoms with E-state index in [1.807, 2.05) is 12.1 Å². The number of nitrogens with one attached hydrogen (secondary N) is 1. The Morgan fingerprint density at radius 1 is 1.32 bits per heavy atom. The maximum atomic E-state index is 5.49. The molecule has 1 aromatic heterocycles. The van der Waals surface area contributed by atoms with Crippen LogP contribution in [-0.2, 0) is 19.5 Å². The quantitative estimate of drug-likeness (QED) is 0.555. The van der Waals surface area contributed by atoms with Crippen LogP contribution < -0.4 is 14.8 Å². The van der Waals surface area contributed by atoms with Crippen molar-refractivity contribution in [3.8, 4) is 11.5 Å². The van der Waals surface area contributed by atoms with Crippen LogP contribution in [0.25, 0.3) is 0 Å². The standard InChI is InChI=1S/C20H30N6O2/c1-5-15(3)23-20(21-9-10-26-13-22-24-19(26)6-2)25(4)12-16-7-8-17-18(11-16)28-14-27-17/h7-8,11,13,15H,5-6,9-10,12,14H2,1-4H3,(H,21,23). The SMILES string of the molecule is CCc1nncn1CCN=C(NC(C)CC)N(C)Cc1ccc2c(c1)OCO2. The van der Waals surface area contributed by atoms with Gasteiger partial charge in [0.1, 0.15) is 12.2 Å². The van der Waals surface area contributed by atoms with Crippen molar-refractivity contribution < 1.29 is 9.47 Å². The molecule has 3 rings (SSSR count). The number of fused-ring (bicyclic) bond motifs is 1. The zero-order chi connectivity index (χ0) is 19.9. The number of benzene rings is 1. The van der Waals surface area contributed by atoms with Crippen molar-refractivity contribution in [1.29, 1.82) is 0 Å². The lowest BCUT2D eigenvalue weighted by atomic mass is 10.2. The molecule has 1 aliphatic rings. The van der Waals surface area contributed by atoms with E-state index >= 15 is 0 Å². The lowest BCUT2D eigenvalue weighted by molar-refractivity contribution is 0.174. The van der Waals surface area contributed by atoms with Crippen molar-refractivity contribution in [2.75, 3.05) is 20.4 Å². The summed E-state index contributed by atoms with van der Waals surface area (Å²) in [7, 11) is 2.05. The van der Waals surface area contributed by atoms with Crippen LogP contribution in [-0.4, -0.2) is 52.1 Å². The summed E-state index contributed by atoms with van der Waals surface area (Å²) in [4.78, 5) is 6.97. The minimum absolute atomic E-state index is 0.291. The molecule has 8 heteroatoms. The smallest absolute Gasteiger partial charge is 0.231 e. The molecule has 2 aromatic rings. The molecule has 1 aromatic carbocycles. The Bertz CT molecular complexity index is 804. The van der Waals surface area contributed by atoms with Crippen molar-refractivity contribution in [3.63, 3.8) is 0 Å². The zero-order valence-corrected chi connectivity index (χ0v) is 17.2. The Morgan fingerprint density at radius 3 is 2.93 bits per heavy atom. The van der Waals surface area contributed by atoms with E-state index in [2.05, 4.69) is 58.9 Å². The van der Waals surface area contributed by atoms with Gasteiger partial charge >= 0.3 is 0 Å². The third-order valence-electron chi connectivity index (χ3n) is 4.82. The molecule has 0 amide bonds. The van der Waals surface area contributed by atoms with Crippen LogP contribution in [0.5, 0.6) is 11.5 Å². The van der Waals surface area contributed by atoms with E-state index in [0.29, 0.717) is 19.4 Å². The predicted octanol–water partition coefficient (Wildman–Crippen LogP) is 2.45. The molecule has 8 nitrogen and oxygen atoms in total. The largest absolute Gasteiger partial charge is 0.454 e. The summed E-state index contributed by atoms with van der Waals surface area (Å²) in [6, 6.07) is 6.40. The van der Waals surface area contributed by atoms with Gasteiger partial charge in [0.25, 0.3) is 0 Å². The highest BCUT2D eigenvalue weighted by Gasteiger charge is 2.15. The monoisotopic (exact) mass is 386 g/mol. The Hall–Kier alpha value is -2.77. The highest BCUT2D eigenvalue weighted by molar-refractivity contribution is 5.80. The summed E-state index contributed by atoms with van der Waals surface area (Å²) < 4.78 is 12.9. The molecule has 0 saturated carbocycles. The van der Waals surface area contributed by atoms with Gasteiger partial charge < -0.3 is 24.3 Å². The van der Waals surface area contributed by atoms with Crippen molar-refractivity contribution in [3.05, 3.63) is 35.9 Å². The summed E-state index contributed by atoms with van der Waals surface area (Å²) in [6.45, 7) is 8.86. The number of nitrogens with zero attached hydrogens (tertiary/aromatic N) is 5. The predicted molar refractivity (Wildman–Crippen MR) is 109 cm³/mol. The summed E-state index contributed by atoms with van der Waals surface area (Å²) >= 11 is 0. The van der Waals surface area contributed by atoms with Crippen LogP contribution in [0.4, 0.5) is 0 Å². The molecule has 0 aliphatic carbocycles. The summed E-state index contributed by atoms with van der Waals surface area (Å²) in [6.07, 6.45) is 3.67. The first kappa shape index (κ1) is 20.0. The Balaban J connectivity index is 1.67. The number of ether oxygens (including phenoxy) is 2. The van der Waals surface area contributed by atoms with Gasteiger partial charge in [-0.3, -0.25) is 4.99 Å². The van der Waals surface area contributed by atoms with E-state index < -0.39 is 0 Å². The fourth-order valence-corrected chi connectivity index (χ4v) is 2.99. The van der Waals surface area contributed by atoms with Gasteiger partial charge in [0, 0.05) is 32.6 Å². The van der Waals surface area contributed by atoms with E-state index in [9.17, 15) is 0 Å². The second kappa shape index (κ2) is 9.43. The third-order valence-corrected chi connectivity index (χ3v) is 4.82. The van der Waals surface area contributed by atoms with Gasteiger partial charge in [-0.25, -0.2) is 0 Å². The van der Waals surface area contributed by atoms with E-state index in [4.69, 9.17) is 14.5 Å². The molecule has 0 saturated heterocycles. The van der Waals surface area contributed by atoms with Crippen LogP contribution in [0.1, 0.15) is 38.6 Å². The molecule has 1 aliphatic heterocycles. The Kier molecular flexibility index (Phi) is 6.73. The maximum Gasteiger partial charge on any atom is 0.231 e. The van der Waals surface area contributed by atoms with Gasteiger partial charge in [0.2, 0.25) is 6.79 Å². The normalized spacial score (nSPS) is 14.2.